The molecule has 0 aromatic heterocycles. The van der Waals surface area contributed by atoms with E-state index in [1.807, 2.05) is 12.1 Å². The number of ether oxygens (including phenoxy) is 4. The van der Waals surface area contributed by atoms with E-state index in [0.29, 0.717) is 17.2 Å². The Morgan fingerprint density at radius 2 is 1.70 bits per heavy atom. The molecule has 1 aliphatic heterocycles. The van der Waals surface area contributed by atoms with Gasteiger partial charge in [0.15, 0.2) is 17.7 Å². The molecule has 1 heterocycles. The average Bonchev–Trinajstić information content (AvgIpc) is 2.60. The molecular formula is C17H23NO5. The molecule has 1 aliphatic carbocycles. The maximum absolute atomic E-state index is 12.4. The summed E-state index contributed by atoms with van der Waals surface area (Å²) in [7, 11) is 4.70. The average molecular weight is 321 g/mol. The van der Waals surface area contributed by atoms with Crippen molar-refractivity contribution in [2.75, 3.05) is 21.3 Å². The molecule has 1 aromatic carbocycles. The van der Waals surface area contributed by atoms with Crippen molar-refractivity contribution in [1.29, 1.82) is 0 Å². The lowest BCUT2D eigenvalue weighted by Crippen LogP contribution is -2.49. The van der Waals surface area contributed by atoms with Crippen molar-refractivity contribution in [3.63, 3.8) is 0 Å². The monoisotopic (exact) mass is 321 g/mol. The Labute approximate surface area is 136 Å². The van der Waals surface area contributed by atoms with E-state index in [1.54, 1.807) is 21.3 Å². The van der Waals surface area contributed by atoms with Crippen LogP contribution in [0.1, 0.15) is 37.5 Å². The molecular weight excluding hydrogens is 298 g/mol. The standard InChI is InChI=1S/C17H23NO5/c1-20-13-8-10(9-14(21-2)15(13)22-3)17-18-16(19)11-6-4-5-7-12(11)23-17/h8-9,11-12,17H,4-7H2,1-3H3,(H,18,19)/t11-,12+,17-/m1/s1. The van der Waals surface area contributed by atoms with Gasteiger partial charge in [0.25, 0.3) is 0 Å². The zero-order valence-corrected chi connectivity index (χ0v) is 13.8. The zero-order valence-electron chi connectivity index (χ0n) is 13.8. The number of fused-ring (bicyclic) bond motifs is 1. The van der Waals surface area contributed by atoms with E-state index >= 15 is 0 Å². The number of rotatable bonds is 4. The lowest BCUT2D eigenvalue weighted by atomic mass is 9.84. The molecule has 2 fully saturated rings. The lowest BCUT2D eigenvalue weighted by molar-refractivity contribution is -0.159. The molecule has 0 spiro atoms. The highest BCUT2D eigenvalue weighted by atomic mass is 16.5. The molecule has 1 amide bonds. The number of benzene rings is 1. The molecule has 126 valence electrons. The number of hydrogen-bond acceptors (Lipinski definition) is 5. The predicted octanol–water partition coefficient (Wildman–Crippen LogP) is 2.42. The Morgan fingerprint density at radius 1 is 1.04 bits per heavy atom. The number of nitrogens with one attached hydrogen (secondary N) is 1. The summed E-state index contributed by atoms with van der Waals surface area (Å²) in [5.41, 5.74) is 0.789. The molecule has 6 heteroatoms. The molecule has 0 bridgehead atoms. The third kappa shape index (κ3) is 2.95. The van der Waals surface area contributed by atoms with Gasteiger partial charge in [0.05, 0.1) is 33.4 Å². The van der Waals surface area contributed by atoms with Gasteiger partial charge in [0.2, 0.25) is 11.7 Å². The first-order chi connectivity index (χ1) is 11.2. The first-order valence-electron chi connectivity index (χ1n) is 7.93. The van der Waals surface area contributed by atoms with Gasteiger partial charge in [-0.2, -0.15) is 0 Å². The molecule has 3 atom stereocenters. The second kappa shape index (κ2) is 6.66. The van der Waals surface area contributed by atoms with Crippen LogP contribution >= 0.6 is 0 Å². The summed E-state index contributed by atoms with van der Waals surface area (Å²) in [5.74, 6) is 1.66. The SMILES string of the molecule is COc1cc([C@@H]2NC(=O)[C@@H]3CCCC[C@@H]3O2)cc(OC)c1OC. The lowest BCUT2D eigenvalue weighted by Gasteiger charge is -2.39. The number of carbonyl (C=O) groups is 1. The van der Waals surface area contributed by atoms with Gasteiger partial charge in [-0.25, -0.2) is 0 Å². The summed E-state index contributed by atoms with van der Waals surface area (Å²) in [6.45, 7) is 0. The van der Waals surface area contributed by atoms with Crippen LogP contribution in [0.15, 0.2) is 12.1 Å². The van der Waals surface area contributed by atoms with Crippen LogP contribution in [0.4, 0.5) is 0 Å². The fourth-order valence-electron chi connectivity index (χ4n) is 3.42. The molecule has 1 aromatic rings. The fraction of sp³-hybridized carbons (Fsp3) is 0.588. The van der Waals surface area contributed by atoms with Gasteiger partial charge >= 0.3 is 0 Å². The predicted molar refractivity (Wildman–Crippen MR) is 83.8 cm³/mol. The van der Waals surface area contributed by atoms with Gasteiger partial charge < -0.3 is 24.3 Å². The quantitative estimate of drug-likeness (QED) is 0.922. The Morgan fingerprint density at radius 3 is 2.30 bits per heavy atom. The largest absolute Gasteiger partial charge is 0.493 e. The van der Waals surface area contributed by atoms with Crippen LogP contribution in [0.5, 0.6) is 17.2 Å². The van der Waals surface area contributed by atoms with Gasteiger partial charge in [-0.3, -0.25) is 4.79 Å². The smallest absolute Gasteiger partial charge is 0.227 e. The molecule has 1 saturated carbocycles. The van der Waals surface area contributed by atoms with Crippen molar-refractivity contribution in [2.45, 2.75) is 38.0 Å². The topological polar surface area (TPSA) is 66.0 Å². The zero-order chi connectivity index (χ0) is 16.4. The van der Waals surface area contributed by atoms with Crippen LogP contribution < -0.4 is 19.5 Å². The maximum atomic E-state index is 12.4. The molecule has 1 N–H and O–H groups in total. The van der Waals surface area contributed by atoms with Gasteiger partial charge in [0.1, 0.15) is 0 Å². The second-order valence-electron chi connectivity index (χ2n) is 5.91. The van der Waals surface area contributed by atoms with Gasteiger partial charge in [-0.1, -0.05) is 12.8 Å². The van der Waals surface area contributed by atoms with Crippen LogP contribution in [0.3, 0.4) is 0 Å². The van der Waals surface area contributed by atoms with Crippen molar-refractivity contribution in [1.82, 2.24) is 5.32 Å². The Hall–Kier alpha value is -1.95. The minimum Gasteiger partial charge on any atom is -0.493 e. The highest BCUT2D eigenvalue weighted by molar-refractivity contribution is 5.80. The van der Waals surface area contributed by atoms with Crippen molar-refractivity contribution in [3.05, 3.63) is 17.7 Å². The molecule has 1 saturated heterocycles. The van der Waals surface area contributed by atoms with Crippen molar-refractivity contribution in [3.8, 4) is 17.2 Å². The van der Waals surface area contributed by atoms with E-state index in [0.717, 1.165) is 31.2 Å². The highest BCUT2D eigenvalue weighted by Gasteiger charge is 2.39. The summed E-state index contributed by atoms with van der Waals surface area (Å²) in [5, 5.41) is 2.96. The van der Waals surface area contributed by atoms with E-state index in [2.05, 4.69) is 5.32 Å². The maximum Gasteiger partial charge on any atom is 0.227 e. The molecule has 23 heavy (non-hydrogen) atoms. The molecule has 2 aliphatic rings. The second-order valence-corrected chi connectivity index (χ2v) is 5.91. The summed E-state index contributed by atoms with van der Waals surface area (Å²) < 4.78 is 22.2. The molecule has 6 nitrogen and oxygen atoms in total. The van der Waals surface area contributed by atoms with Gasteiger partial charge in [-0.15, -0.1) is 0 Å². The van der Waals surface area contributed by atoms with Crippen LogP contribution in [0.2, 0.25) is 0 Å². The summed E-state index contributed by atoms with van der Waals surface area (Å²) in [6.07, 6.45) is 3.53. The van der Waals surface area contributed by atoms with Crippen LogP contribution in [-0.2, 0) is 9.53 Å². The Bertz CT molecular complexity index is 563. The van der Waals surface area contributed by atoms with Gasteiger partial charge in [0, 0.05) is 5.56 Å². The first-order valence-corrected chi connectivity index (χ1v) is 7.93. The van der Waals surface area contributed by atoms with Gasteiger partial charge in [-0.05, 0) is 25.0 Å². The molecule has 0 radical (unpaired) electrons. The first kappa shape index (κ1) is 15.9. The third-order valence-electron chi connectivity index (χ3n) is 4.61. The fourth-order valence-corrected chi connectivity index (χ4v) is 3.42. The molecule has 3 rings (SSSR count). The summed E-state index contributed by atoms with van der Waals surface area (Å²) in [4.78, 5) is 12.4. The number of methoxy groups -OCH3 is 3. The van der Waals surface area contributed by atoms with Crippen molar-refractivity contribution >= 4 is 5.91 Å². The number of amides is 1. The Balaban J connectivity index is 1.90. The minimum absolute atomic E-state index is 0.0124. The van der Waals surface area contributed by atoms with Crippen LogP contribution in [-0.4, -0.2) is 33.3 Å². The Kier molecular flexibility index (Phi) is 4.61. The third-order valence-corrected chi connectivity index (χ3v) is 4.61. The number of hydrogen-bond donors (Lipinski definition) is 1. The van der Waals surface area contributed by atoms with E-state index in [4.69, 9.17) is 18.9 Å². The summed E-state index contributed by atoms with van der Waals surface area (Å²) in [6, 6.07) is 3.63. The van der Waals surface area contributed by atoms with E-state index in [9.17, 15) is 4.79 Å². The minimum atomic E-state index is -0.490. The molecule has 0 unspecified atom stereocenters. The highest BCUT2D eigenvalue weighted by Crippen LogP contribution is 2.42. The van der Waals surface area contributed by atoms with E-state index in [1.165, 1.54) is 0 Å². The van der Waals surface area contributed by atoms with Crippen molar-refractivity contribution in [2.24, 2.45) is 5.92 Å². The van der Waals surface area contributed by atoms with Crippen LogP contribution in [0.25, 0.3) is 0 Å². The van der Waals surface area contributed by atoms with E-state index in [-0.39, 0.29) is 17.9 Å². The van der Waals surface area contributed by atoms with Crippen molar-refractivity contribution < 1.29 is 23.7 Å². The van der Waals surface area contributed by atoms with E-state index < -0.39 is 6.23 Å². The van der Waals surface area contributed by atoms with Crippen LogP contribution in [0, 0.1) is 5.92 Å². The number of carbonyl (C=O) groups excluding carboxylic acids is 1. The normalized spacial score (nSPS) is 26.9. The summed E-state index contributed by atoms with van der Waals surface area (Å²) >= 11 is 0.